The lowest BCUT2D eigenvalue weighted by molar-refractivity contribution is 0.436. The van der Waals surface area contributed by atoms with Crippen molar-refractivity contribution in [2.24, 2.45) is 0 Å². The Bertz CT molecular complexity index is 6250. The first-order chi connectivity index (χ1) is 50.5. The highest BCUT2D eigenvalue weighted by Gasteiger charge is 2.53. The molecule has 0 bridgehead atoms. The number of hydrogen-bond donors (Lipinski definition) is 0. The van der Waals surface area contributed by atoms with Gasteiger partial charge < -0.3 is 9.47 Å². The molecular formula is C94H56N6O2. The Balaban J connectivity index is 0.687. The van der Waals surface area contributed by atoms with Crippen LogP contribution in [0.3, 0.4) is 0 Å². The van der Waals surface area contributed by atoms with Crippen molar-refractivity contribution in [3.05, 3.63) is 384 Å². The van der Waals surface area contributed by atoms with Crippen molar-refractivity contribution in [2.75, 3.05) is 0 Å². The monoisotopic (exact) mass is 1300 g/mol. The third-order valence-corrected chi connectivity index (χ3v) is 21.4. The van der Waals surface area contributed by atoms with Crippen molar-refractivity contribution in [3.63, 3.8) is 0 Å². The maximum atomic E-state index is 7.40. The van der Waals surface area contributed by atoms with E-state index in [1.807, 2.05) is 18.2 Å². The summed E-state index contributed by atoms with van der Waals surface area (Å²) in [6.07, 6.45) is 0. The van der Waals surface area contributed by atoms with E-state index in [0.29, 0.717) is 34.9 Å². The van der Waals surface area contributed by atoms with Gasteiger partial charge in [-0.1, -0.05) is 309 Å². The highest BCUT2D eigenvalue weighted by atomic mass is 16.5. The number of fused-ring (bicyclic) bond motifs is 20. The van der Waals surface area contributed by atoms with E-state index in [-0.39, 0.29) is 0 Å². The largest absolute Gasteiger partial charge is 0.457 e. The summed E-state index contributed by atoms with van der Waals surface area (Å²) in [5, 5.41) is 4.32. The van der Waals surface area contributed by atoms with Gasteiger partial charge in [-0.2, -0.15) is 0 Å². The van der Waals surface area contributed by atoms with Crippen molar-refractivity contribution in [3.8, 4) is 136 Å². The highest BCUT2D eigenvalue weighted by Crippen LogP contribution is 2.64. The summed E-state index contributed by atoms with van der Waals surface area (Å²) < 4.78 is 14.4. The van der Waals surface area contributed by atoms with Gasteiger partial charge in [-0.25, -0.2) is 29.9 Å². The minimum atomic E-state index is -0.725. The van der Waals surface area contributed by atoms with Crippen LogP contribution in [-0.2, 0) is 10.8 Å². The second kappa shape index (κ2) is 22.5. The Morgan fingerprint density at radius 3 is 1.04 bits per heavy atom. The van der Waals surface area contributed by atoms with Crippen LogP contribution in [0, 0.1) is 0 Å². The quantitative estimate of drug-likeness (QED) is 0.148. The van der Waals surface area contributed by atoms with Gasteiger partial charge in [0.05, 0.1) is 10.8 Å². The number of hydrogen-bond acceptors (Lipinski definition) is 8. The highest BCUT2D eigenvalue weighted by molar-refractivity contribution is 6.04. The summed E-state index contributed by atoms with van der Waals surface area (Å²) in [5.74, 6) is 6.40. The summed E-state index contributed by atoms with van der Waals surface area (Å²) in [6, 6.07) is 120. The molecule has 8 nitrogen and oxygen atoms in total. The summed E-state index contributed by atoms with van der Waals surface area (Å²) in [6.45, 7) is 0. The van der Waals surface area contributed by atoms with E-state index in [1.54, 1.807) is 0 Å². The fourth-order valence-corrected chi connectivity index (χ4v) is 16.9. The summed E-state index contributed by atoms with van der Waals surface area (Å²) in [4.78, 5) is 32.0. The second-order valence-electron chi connectivity index (χ2n) is 26.7. The van der Waals surface area contributed by atoms with Gasteiger partial charge in [-0.3, -0.25) is 0 Å². The molecule has 102 heavy (non-hydrogen) atoms. The van der Waals surface area contributed by atoms with Crippen molar-refractivity contribution in [1.82, 2.24) is 29.9 Å². The van der Waals surface area contributed by atoms with Crippen molar-refractivity contribution in [2.45, 2.75) is 10.8 Å². The number of nitrogens with zero attached hydrogens (tertiary/aromatic N) is 6. The summed E-state index contributed by atoms with van der Waals surface area (Å²) >= 11 is 0. The molecule has 0 radical (unpaired) electrons. The Morgan fingerprint density at radius 2 is 0.500 bits per heavy atom. The zero-order valence-electron chi connectivity index (χ0n) is 54.8. The number of benzene rings is 15. The van der Waals surface area contributed by atoms with Gasteiger partial charge in [0.1, 0.15) is 23.0 Å². The third-order valence-electron chi connectivity index (χ3n) is 21.4. The van der Waals surface area contributed by atoms with Crippen LogP contribution in [0.1, 0.15) is 44.5 Å². The Labute approximate surface area is 588 Å². The van der Waals surface area contributed by atoms with Crippen LogP contribution in [0.25, 0.3) is 134 Å². The lowest BCUT2D eigenvalue weighted by atomic mass is 9.66. The predicted octanol–water partition coefficient (Wildman–Crippen LogP) is 22.6. The van der Waals surface area contributed by atoms with Gasteiger partial charge in [0.25, 0.3) is 0 Å². The molecule has 17 aromatic rings. The maximum absolute atomic E-state index is 7.40. The lowest BCUT2D eigenvalue weighted by Gasteiger charge is -2.39. The number of ether oxygens (including phenoxy) is 2. The molecule has 0 atom stereocenters. The molecule has 21 rings (SSSR count). The average molecular weight is 1300 g/mol. The molecule has 0 fully saturated rings. The van der Waals surface area contributed by atoms with Gasteiger partial charge in [-0.05, 0) is 119 Å². The second-order valence-corrected chi connectivity index (χ2v) is 26.7. The minimum absolute atomic E-state index is 0.535. The molecule has 2 aliphatic carbocycles. The van der Waals surface area contributed by atoms with Crippen LogP contribution in [0.4, 0.5) is 0 Å². The van der Waals surface area contributed by atoms with Gasteiger partial charge in [-0.15, -0.1) is 0 Å². The van der Waals surface area contributed by atoms with Crippen molar-refractivity contribution < 1.29 is 9.47 Å². The number of aromatic nitrogens is 6. The first-order valence-corrected chi connectivity index (χ1v) is 34.6. The zero-order chi connectivity index (χ0) is 67.0. The SMILES string of the molecule is c1ccc(-c2nc(-c3ccc4c(c3)Oc3cc(-c5ccc(-c6nc(-c7ccc8c(c7)Oc7ccccc7C87c8ccccc8-c8ccccc87)nc(-c7cccc8ccccc78)n6)cc5)ccc3C43c4ccccc4-c4ccccc43)nc(-c3ccc(-c4ccccc4)c4ccccc34)n2)cc1. The molecule has 2 aliphatic heterocycles. The van der Waals surface area contributed by atoms with E-state index < -0.39 is 10.8 Å². The van der Waals surface area contributed by atoms with E-state index in [0.717, 1.165) is 122 Å². The molecule has 4 aliphatic rings. The molecule has 15 aromatic carbocycles. The molecule has 8 heteroatoms. The van der Waals surface area contributed by atoms with Crippen LogP contribution < -0.4 is 9.47 Å². The molecule has 0 amide bonds. The minimum Gasteiger partial charge on any atom is -0.457 e. The van der Waals surface area contributed by atoms with Gasteiger partial charge in [0, 0.05) is 55.6 Å². The fourth-order valence-electron chi connectivity index (χ4n) is 16.9. The summed E-state index contributed by atoms with van der Waals surface area (Å²) in [7, 11) is 0. The molecule has 0 unspecified atom stereocenters. The Morgan fingerprint density at radius 1 is 0.176 bits per heavy atom. The first kappa shape index (κ1) is 57.5. The maximum Gasteiger partial charge on any atom is 0.164 e. The van der Waals surface area contributed by atoms with E-state index >= 15 is 0 Å². The van der Waals surface area contributed by atoms with Gasteiger partial charge in [0.15, 0.2) is 34.9 Å². The molecule has 4 heterocycles. The van der Waals surface area contributed by atoms with Crippen LogP contribution in [0.15, 0.2) is 340 Å². The molecule has 2 aromatic heterocycles. The average Bonchev–Trinajstić information content (AvgIpc) is 1.50. The van der Waals surface area contributed by atoms with E-state index in [1.165, 1.54) is 44.5 Å². The normalized spacial score (nSPS) is 13.4. The number of para-hydroxylation sites is 1. The van der Waals surface area contributed by atoms with Gasteiger partial charge >= 0.3 is 0 Å². The van der Waals surface area contributed by atoms with E-state index in [2.05, 4.69) is 322 Å². The lowest BCUT2D eigenvalue weighted by Crippen LogP contribution is -2.32. The third kappa shape index (κ3) is 8.56. The molecule has 474 valence electrons. The van der Waals surface area contributed by atoms with E-state index in [4.69, 9.17) is 39.4 Å². The van der Waals surface area contributed by atoms with Crippen LogP contribution in [-0.4, -0.2) is 29.9 Å². The zero-order valence-corrected chi connectivity index (χ0v) is 54.8. The molecule has 0 N–H and O–H groups in total. The Hall–Kier alpha value is -13.6. The fraction of sp³-hybridized carbons (Fsp3) is 0.0213. The smallest absolute Gasteiger partial charge is 0.164 e. The van der Waals surface area contributed by atoms with Crippen LogP contribution in [0.5, 0.6) is 23.0 Å². The van der Waals surface area contributed by atoms with Crippen molar-refractivity contribution >= 4 is 21.5 Å². The van der Waals surface area contributed by atoms with Crippen LogP contribution in [0.2, 0.25) is 0 Å². The Kier molecular flexibility index (Phi) is 12.7. The first-order valence-electron chi connectivity index (χ1n) is 34.6. The topological polar surface area (TPSA) is 95.8 Å². The van der Waals surface area contributed by atoms with Gasteiger partial charge in [0.2, 0.25) is 0 Å². The van der Waals surface area contributed by atoms with Crippen molar-refractivity contribution in [1.29, 1.82) is 0 Å². The van der Waals surface area contributed by atoms with E-state index in [9.17, 15) is 0 Å². The standard InChI is InChI=1S/C94H56N6O2/c1-3-22-58(23-4-1)66-49-50-74(68-30-10-9-29-67(66)68)92-97-87(60-25-5-2-6-26-60)95-89(100-92)64-48-53-82-86(56-64)102-84-54-62(46-51-80(84)94(82)77-38-17-13-33-71(77)72-34-14-18-39-78(72)94)57-42-44-61(45-43-57)88-96-90(99-91(98-88)73-35-21-27-59-24-7-8-28-65(59)73)63-47-52-81-85(55-63)101-83-41-20-19-40-79(83)93(81)75-36-15-11-31-69(75)70-32-12-16-37-76(70)93/h1-56H. The molecular weight excluding hydrogens is 1250 g/mol. The predicted molar refractivity (Wildman–Crippen MR) is 406 cm³/mol. The van der Waals surface area contributed by atoms with Crippen LogP contribution >= 0.6 is 0 Å². The summed E-state index contributed by atoms with van der Waals surface area (Å²) in [5.41, 5.74) is 22.1. The molecule has 2 spiro atoms. The number of rotatable bonds is 8. The molecule has 0 saturated heterocycles. The molecule has 0 saturated carbocycles.